The van der Waals surface area contributed by atoms with Gasteiger partial charge in [0.15, 0.2) is 0 Å². The van der Waals surface area contributed by atoms with Crippen LogP contribution in [0.1, 0.15) is 51.8 Å². The third kappa shape index (κ3) is 3.14. The average molecular weight is 249 g/mol. The second-order valence-electron chi connectivity index (χ2n) is 5.92. The second kappa shape index (κ2) is 6.37. The van der Waals surface area contributed by atoms with E-state index in [0.29, 0.717) is 5.92 Å². The smallest absolute Gasteiger partial charge is 0.112 e. The van der Waals surface area contributed by atoms with Gasteiger partial charge in [-0.2, -0.15) is 0 Å². The Bertz CT molecular complexity index is 356. The molecule has 3 heteroatoms. The first-order valence-corrected chi connectivity index (χ1v) is 7.44. The summed E-state index contributed by atoms with van der Waals surface area (Å²) in [6.45, 7) is 10.1. The lowest BCUT2D eigenvalue weighted by Crippen LogP contribution is -2.28. The Hall–Kier alpha value is -0.830. The number of nitrogens with zero attached hydrogens (tertiary/aromatic N) is 2. The van der Waals surface area contributed by atoms with Crippen molar-refractivity contribution < 1.29 is 0 Å². The molecular weight excluding hydrogens is 222 g/mol. The topological polar surface area (TPSA) is 29.9 Å². The summed E-state index contributed by atoms with van der Waals surface area (Å²) in [6.07, 6.45) is 8.09. The highest BCUT2D eigenvalue weighted by atomic mass is 15.1. The Morgan fingerprint density at radius 1 is 1.44 bits per heavy atom. The van der Waals surface area contributed by atoms with E-state index in [1.165, 1.54) is 25.1 Å². The van der Waals surface area contributed by atoms with Crippen molar-refractivity contribution in [3.05, 3.63) is 18.2 Å². The monoisotopic (exact) mass is 249 g/mol. The molecule has 1 fully saturated rings. The van der Waals surface area contributed by atoms with E-state index in [0.717, 1.165) is 31.5 Å². The number of hydrogen-bond donors (Lipinski definition) is 1. The quantitative estimate of drug-likeness (QED) is 0.840. The maximum Gasteiger partial charge on any atom is 0.112 e. The Kier molecular flexibility index (Phi) is 4.81. The van der Waals surface area contributed by atoms with E-state index in [1.807, 2.05) is 6.20 Å². The zero-order valence-corrected chi connectivity index (χ0v) is 12.0. The van der Waals surface area contributed by atoms with Crippen LogP contribution in [0.4, 0.5) is 0 Å². The van der Waals surface area contributed by atoms with Crippen LogP contribution in [0.5, 0.6) is 0 Å². The summed E-state index contributed by atoms with van der Waals surface area (Å²) in [6, 6.07) is 0. The third-order valence-electron chi connectivity index (χ3n) is 4.04. The third-order valence-corrected chi connectivity index (χ3v) is 4.04. The Morgan fingerprint density at radius 3 is 3.00 bits per heavy atom. The van der Waals surface area contributed by atoms with Crippen molar-refractivity contribution in [2.45, 2.75) is 52.5 Å². The van der Waals surface area contributed by atoms with Crippen molar-refractivity contribution in [1.29, 1.82) is 0 Å². The van der Waals surface area contributed by atoms with Crippen LogP contribution in [-0.2, 0) is 6.54 Å². The fraction of sp³-hybridized carbons (Fsp3) is 0.800. The zero-order valence-electron chi connectivity index (χ0n) is 12.0. The van der Waals surface area contributed by atoms with Gasteiger partial charge in [0, 0.05) is 24.9 Å². The van der Waals surface area contributed by atoms with Crippen molar-refractivity contribution in [2.24, 2.45) is 11.8 Å². The molecule has 0 aliphatic heterocycles. The van der Waals surface area contributed by atoms with Gasteiger partial charge < -0.3 is 9.88 Å². The fourth-order valence-corrected chi connectivity index (χ4v) is 3.10. The highest BCUT2D eigenvalue weighted by molar-refractivity contribution is 5.05. The Labute approximate surface area is 111 Å². The van der Waals surface area contributed by atoms with Gasteiger partial charge in [-0.1, -0.05) is 20.3 Å². The molecule has 0 aromatic carbocycles. The number of aromatic nitrogens is 2. The lowest BCUT2D eigenvalue weighted by Gasteiger charge is -2.21. The summed E-state index contributed by atoms with van der Waals surface area (Å²) in [7, 11) is 0. The van der Waals surface area contributed by atoms with E-state index in [2.05, 4.69) is 41.8 Å². The summed E-state index contributed by atoms with van der Waals surface area (Å²) in [4.78, 5) is 4.60. The minimum absolute atomic E-state index is 0.666. The molecule has 0 amide bonds. The lowest BCUT2D eigenvalue weighted by atomic mass is 9.95. The van der Waals surface area contributed by atoms with E-state index < -0.39 is 0 Å². The minimum atomic E-state index is 0.666. The van der Waals surface area contributed by atoms with Crippen LogP contribution < -0.4 is 5.32 Å². The lowest BCUT2D eigenvalue weighted by molar-refractivity contribution is 0.407. The normalized spacial score (nSPS) is 24.0. The molecule has 1 N–H and O–H groups in total. The molecule has 0 saturated heterocycles. The van der Waals surface area contributed by atoms with Crippen molar-refractivity contribution in [1.82, 2.24) is 14.9 Å². The summed E-state index contributed by atoms with van der Waals surface area (Å²) in [5.41, 5.74) is 0. The zero-order chi connectivity index (χ0) is 13.0. The molecule has 1 aliphatic rings. The molecule has 0 radical (unpaired) electrons. The van der Waals surface area contributed by atoms with E-state index in [4.69, 9.17) is 0 Å². The summed E-state index contributed by atoms with van der Waals surface area (Å²) in [5, 5.41) is 3.62. The van der Waals surface area contributed by atoms with Crippen LogP contribution in [-0.4, -0.2) is 22.6 Å². The van der Waals surface area contributed by atoms with Crippen LogP contribution >= 0.6 is 0 Å². The van der Waals surface area contributed by atoms with Gasteiger partial charge in [0.25, 0.3) is 0 Å². The van der Waals surface area contributed by atoms with Crippen molar-refractivity contribution in [3.63, 3.8) is 0 Å². The van der Waals surface area contributed by atoms with Crippen molar-refractivity contribution >= 4 is 0 Å². The second-order valence-corrected chi connectivity index (χ2v) is 5.92. The van der Waals surface area contributed by atoms with Crippen LogP contribution in [0, 0.1) is 11.8 Å². The van der Waals surface area contributed by atoms with E-state index in [9.17, 15) is 0 Å². The molecule has 3 nitrogen and oxygen atoms in total. The van der Waals surface area contributed by atoms with Crippen LogP contribution in [0.2, 0.25) is 0 Å². The largest absolute Gasteiger partial charge is 0.335 e. The van der Waals surface area contributed by atoms with E-state index in [-0.39, 0.29) is 0 Å². The molecule has 1 aliphatic carbocycles. The predicted octanol–water partition coefficient (Wildman–Crippen LogP) is 3.03. The van der Waals surface area contributed by atoms with Gasteiger partial charge in [-0.15, -0.1) is 0 Å². The van der Waals surface area contributed by atoms with E-state index >= 15 is 0 Å². The summed E-state index contributed by atoms with van der Waals surface area (Å²) in [5.74, 6) is 3.49. The fourth-order valence-electron chi connectivity index (χ4n) is 3.10. The number of rotatable bonds is 6. The number of hydrogen-bond acceptors (Lipinski definition) is 2. The predicted molar refractivity (Wildman–Crippen MR) is 75.7 cm³/mol. The SMILES string of the molecule is CCn1ccnc1C1CCCC1CNCC(C)C. The first-order valence-electron chi connectivity index (χ1n) is 7.44. The summed E-state index contributed by atoms with van der Waals surface area (Å²) < 4.78 is 2.31. The highest BCUT2D eigenvalue weighted by Gasteiger charge is 2.30. The van der Waals surface area contributed by atoms with Gasteiger partial charge in [-0.05, 0) is 44.7 Å². The molecule has 2 atom stereocenters. The van der Waals surface area contributed by atoms with Gasteiger partial charge in [-0.3, -0.25) is 0 Å². The van der Waals surface area contributed by atoms with Crippen LogP contribution in [0.25, 0.3) is 0 Å². The molecule has 18 heavy (non-hydrogen) atoms. The van der Waals surface area contributed by atoms with Crippen molar-refractivity contribution in [3.8, 4) is 0 Å². The number of imidazole rings is 1. The molecule has 0 bridgehead atoms. The number of aryl methyl sites for hydroxylation is 1. The molecule has 2 rings (SSSR count). The van der Waals surface area contributed by atoms with E-state index in [1.54, 1.807) is 0 Å². The molecule has 2 unspecified atom stereocenters. The highest BCUT2D eigenvalue weighted by Crippen LogP contribution is 2.38. The van der Waals surface area contributed by atoms with Gasteiger partial charge >= 0.3 is 0 Å². The molecule has 1 aromatic heterocycles. The average Bonchev–Trinajstić information content (AvgIpc) is 2.95. The van der Waals surface area contributed by atoms with Gasteiger partial charge in [-0.25, -0.2) is 4.98 Å². The Balaban J connectivity index is 1.95. The molecule has 1 aromatic rings. The number of nitrogens with one attached hydrogen (secondary N) is 1. The standard InChI is InChI=1S/C15H27N3/c1-4-18-9-8-17-15(18)14-7-5-6-13(14)11-16-10-12(2)3/h8-9,12-14,16H,4-7,10-11H2,1-3H3. The Morgan fingerprint density at radius 2 is 2.28 bits per heavy atom. The first-order chi connectivity index (χ1) is 8.72. The van der Waals surface area contributed by atoms with Gasteiger partial charge in [0.05, 0.1) is 0 Å². The minimum Gasteiger partial charge on any atom is -0.335 e. The maximum atomic E-state index is 4.60. The summed E-state index contributed by atoms with van der Waals surface area (Å²) >= 11 is 0. The molecule has 0 spiro atoms. The maximum absolute atomic E-state index is 4.60. The molecular formula is C15H27N3. The van der Waals surface area contributed by atoms with Crippen molar-refractivity contribution in [2.75, 3.05) is 13.1 Å². The first kappa shape index (κ1) is 13.6. The molecule has 1 heterocycles. The molecule has 102 valence electrons. The van der Waals surface area contributed by atoms with Gasteiger partial charge in [0.2, 0.25) is 0 Å². The van der Waals surface area contributed by atoms with Crippen LogP contribution in [0.15, 0.2) is 12.4 Å². The van der Waals surface area contributed by atoms with Gasteiger partial charge in [0.1, 0.15) is 5.82 Å². The van der Waals surface area contributed by atoms with Crippen LogP contribution in [0.3, 0.4) is 0 Å². The molecule has 1 saturated carbocycles.